The van der Waals surface area contributed by atoms with Gasteiger partial charge < -0.3 is 9.47 Å². The van der Waals surface area contributed by atoms with Crippen molar-refractivity contribution in [2.24, 2.45) is 0 Å². The Kier molecular flexibility index (Phi) is 5.07. The predicted octanol–water partition coefficient (Wildman–Crippen LogP) is 6.12. The fraction of sp³-hybridized carbons (Fsp3) is 0.0870. The second-order valence-corrected chi connectivity index (χ2v) is 6.97. The van der Waals surface area contributed by atoms with Crippen LogP contribution in [0, 0.1) is 18.6 Å². The van der Waals surface area contributed by atoms with Crippen LogP contribution in [0.5, 0.6) is 11.5 Å². The third-order valence-corrected chi connectivity index (χ3v) is 4.93. The summed E-state index contributed by atoms with van der Waals surface area (Å²) in [6.07, 6.45) is 1.37. The highest BCUT2D eigenvalue weighted by Gasteiger charge is 2.30. The number of hydrogen-bond donors (Lipinski definition) is 0. The van der Waals surface area contributed by atoms with Gasteiger partial charge in [0.1, 0.15) is 29.7 Å². The number of fused-ring (bicyclic) bond motifs is 1. The van der Waals surface area contributed by atoms with Gasteiger partial charge in [-0.05, 0) is 42.8 Å². The van der Waals surface area contributed by atoms with Gasteiger partial charge in [0, 0.05) is 17.2 Å². The molecule has 4 rings (SSSR count). The molecule has 1 heterocycles. The van der Waals surface area contributed by atoms with Crippen molar-refractivity contribution in [3.8, 4) is 11.5 Å². The van der Waals surface area contributed by atoms with Gasteiger partial charge in [0.2, 0.25) is 5.78 Å². The number of Topliss-reactive ketones (excluding diaryl/α,β-unsaturated/α-hetero) is 1. The van der Waals surface area contributed by atoms with Crippen LogP contribution in [0.2, 0.25) is 5.02 Å². The second kappa shape index (κ2) is 7.68. The topological polar surface area (TPSA) is 35.5 Å². The zero-order valence-corrected chi connectivity index (χ0v) is 16.1. The summed E-state index contributed by atoms with van der Waals surface area (Å²) in [5, 5.41) is 0.268. The van der Waals surface area contributed by atoms with Crippen LogP contribution in [0.1, 0.15) is 27.0 Å². The Hall–Kier alpha value is -3.18. The molecule has 29 heavy (non-hydrogen) atoms. The van der Waals surface area contributed by atoms with Gasteiger partial charge in [0.25, 0.3) is 0 Å². The van der Waals surface area contributed by atoms with Crippen molar-refractivity contribution >= 4 is 23.5 Å². The highest BCUT2D eigenvalue weighted by molar-refractivity contribution is 6.31. The number of allylic oxidation sites excluding steroid dienone is 1. The quantitative estimate of drug-likeness (QED) is 0.484. The zero-order valence-electron chi connectivity index (χ0n) is 15.3. The summed E-state index contributed by atoms with van der Waals surface area (Å²) in [7, 11) is 0. The Balaban J connectivity index is 1.60. The molecule has 1 aliphatic rings. The van der Waals surface area contributed by atoms with Crippen LogP contribution in [-0.2, 0) is 6.61 Å². The van der Waals surface area contributed by atoms with E-state index >= 15 is 0 Å². The first-order valence-electron chi connectivity index (χ1n) is 8.83. The van der Waals surface area contributed by atoms with E-state index in [1.807, 2.05) is 0 Å². The number of benzene rings is 3. The van der Waals surface area contributed by atoms with Gasteiger partial charge in [-0.3, -0.25) is 4.79 Å². The van der Waals surface area contributed by atoms with E-state index in [1.54, 1.807) is 43.3 Å². The lowest BCUT2D eigenvalue weighted by Gasteiger charge is -2.11. The molecule has 3 aromatic rings. The third kappa shape index (κ3) is 3.74. The molecule has 1 aliphatic heterocycles. The second-order valence-electron chi connectivity index (χ2n) is 6.56. The Bertz CT molecular complexity index is 1130. The van der Waals surface area contributed by atoms with Gasteiger partial charge in [-0.15, -0.1) is 0 Å². The number of ketones is 1. The maximum absolute atomic E-state index is 13.9. The molecule has 0 aromatic heterocycles. The van der Waals surface area contributed by atoms with Gasteiger partial charge in [-0.2, -0.15) is 0 Å². The summed E-state index contributed by atoms with van der Waals surface area (Å²) in [5.74, 6) is -0.494. The van der Waals surface area contributed by atoms with Crippen molar-refractivity contribution < 1.29 is 23.0 Å². The zero-order chi connectivity index (χ0) is 20.5. The molecule has 0 N–H and O–H groups in total. The highest BCUT2D eigenvalue weighted by Crippen LogP contribution is 2.38. The number of aryl methyl sites for hydroxylation is 1. The SMILES string of the molecule is Cc1cc(OCc2c(F)cccc2Cl)cc2c1C(=O)/C(=C/c1ccccc1F)O2. The molecular weight excluding hydrogens is 398 g/mol. The van der Waals surface area contributed by atoms with E-state index in [-0.39, 0.29) is 34.3 Å². The average molecular weight is 413 g/mol. The molecule has 6 heteroatoms. The van der Waals surface area contributed by atoms with Crippen LogP contribution in [0.3, 0.4) is 0 Å². The van der Waals surface area contributed by atoms with Crippen molar-refractivity contribution in [3.05, 3.63) is 99.3 Å². The fourth-order valence-electron chi connectivity index (χ4n) is 3.12. The lowest BCUT2D eigenvalue weighted by Crippen LogP contribution is -2.01. The Labute approximate surface area is 171 Å². The molecule has 0 fully saturated rings. The van der Waals surface area contributed by atoms with E-state index in [0.29, 0.717) is 22.6 Å². The van der Waals surface area contributed by atoms with Gasteiger partial charge in [0.05, 0.1) is 10.6 Å². The molecule has 146 valence electrons. The Morgan fingerprint density at radius 3 is 2.59 bits per heavy atom. The van der Waals surface area contributed by atoms with Crippen LogP contribution in [-0.4, -0.2) is 5.78 Å². The molecule has 0 radical (unpaired) electrons. The van der Waals surface area contributed by atoms with E-state index in [0.717, 1.165) is 0 Å². The van der Waals surface area contributed by atoms with Crippen molar-refractivity contribution in [3.63, 3.8) is 0 Å². The largest absolute Gasteiger partial charge is 0.489 e. The Morgan fingerprint density at radius 1 is 1.07 bits per heavy atom. The number of halogens is 3. The molecule has 0 spiro atoms. The van der Waals surface area contributed by atoms with E-state index < -0.39 is 11.6 Å². The summed E-state index contributed by atoms with van der Waals surface area (Å²) < 4.78 is 39.2. The first-order chi connectivity index (χ1) is 13.9. The highest BCUT2D eigenvalue weighted by atomic mass is 35.5. The van der Waals surface area contributed by atoms with Gasteiger partial charge in [-0.1, -0.05) is 35.9 Å². The monoisotopic (exact) mass is 412 g/mol. The molecule has 3 aromatic carbocycles. The molecule has 0 amide bonds. The number of ether oxygens (including phenoxy) is 2. The summed E-state index contributed by atoms with van der Waals surface area (Å²) in [6, 6.07) is 13.7. The van der Waals surface area contributed by atoms with E-state index in [4.69, 9.17) is 21.1 Å². The predicted molar refractivity (Wildman–Crippen MR) is 106 cm³/mol. The number of rotatable bonds is 4. The van der Waals surface area contributed by atoms with Gasteiger partial charge in [-0.25, -0.2) is 8.78 Å². The molecular formula is C23H15ClF2O3. The van der Waals surface area contributed by atoms with E-state index in [2.05, 4.69) is 0 Å². The number of hydrogen-bond acceptors (Lipinski definition) is 3. The summed E-state index contributed by atoms with van der Waals surface area (Å²) in [6.45, 7) is 1.67. The maximum Gasteiger partial charge on any atom is 0.232 e. The summed E-state index contributed by atoms with van der Waals surface area (Å²) in [5.41, 5.74) is 1.53. The van der Waals surface area contributed by atoms with Crippen LogP contribution in [0.15, 0.2) is 60.4 Å². The van der Waals surface area contributed by atoms with E-state index in [9.17, 15) is 13.6 Å². The van der Waals surface area contributed by atoms with Crippen molar-refractivity contribution in [1.29, 1.82) is 0 Å². The molecule has 0 aliphatic carbocycles. The van der Waals surface area contributed by atoms with Crippen molar-refractivity contribution in [1.82, 2.24) is 0 Å². The standard InChI is InChI=1S/C23H15ClF2O3/c1-13-9-15(28-12-16-17(24)6-4-8-19(16)26)11-20-22(13)23(27)21(29-20)10-14-5-2-3-7-18(14)25/h2-11H,12H2,1H3/b21-10-. The third-order valence-electron chi connectivity index (χ3n) is 4.58. The van der Waals surface area contributed by atoms with Gasteiger partial charge in [0.15, 0.2) is 5.76 Å². The lowest BCUT2D eigenvalue weighted by atomic mass is 10.0. The Morgan fingerprint density at radius 2 is 1.83 bits per heavy atom. The van der Waals surface area contributed by atoms with E-state index in [1.165, 1.54) is 24.3 Å². The molecule has 3 nitrogen and oxygen atoms in total. The molecule has 0 saturated carbocycles. The smallest absolute Gasteiger partial charge is 0.232 e. The summed E-state index contributed by atoms with van der Waals surface area (Å²) in [4.78, 5) is 12.7. The van der Waals surface area contributed by atoms with Crippen molar-refractivity contribution in [2.75, 3.05) is 0 Å². The number of carbonyl (C=O) groups is 1. The molecule has 0 atom stereocenters. The first-order valence-corrected chi connectivity index (χ1v) is 9.21. The van der Waals surface area contributed by atoms with Crippen molar-refractivity contribution in [2.45, 2.75) is 13.5 Å². The molecule has 0 unspecified atom stereocenters. The fourth-order valence-corrected chi connectivity index (χ4v) is 3.34. The minimum Gasteiger partial charge on any atom is -0.489 e. The summed E-state index contributed by atoms with van der Waals surface area (Å²) >= 11 is 6.02. The van der Waals surface area contributed by atoms with Crippen LogP contribution in [0.25, 0.3) is 6.08 Å². The number of carbonyl (C=O) groups excluding carboxylic acids is 1. The normalized spacial score (nSPS) is 14.1. The minimum atomic E-state index is -0.461. The molecule has 0 bridgehead atoms. The molecule has 0 saturated heterocycles. The van der Waals surface area contributed by atoms with Crippen LogP contribution < -0.4 is 9.47 Å². The van der Waals surface area contributed by atoms with Crippen LogP contribution in [0.4, 0.5) is 8.78 Å². The maximum atomic E-state index is 13.9. The lowest BCUT2D eigenvalue weighted by molar-refractivity contribution is 0.101. The van der Waals surface area contributed by atoms with Gasteiger partial charge >= 0.3 is 0 Å². The first kappa shape index (κ1) is 19.2. The minimum absolute atomic E-state index is 0.0301. The van der Waals surface area contributed by atoms with Crippen LogP contribution >= 0.6 is 11.6 Å². The average Bonchev–Trinajstić information content (AvgIpc) is 2.99.